The van der Waals surface area contributed by atoms with Crippen LogP contribution < -0.4 is 10.6 Å². The molecule has 100 valence electrons. The molecule has 1 saturated carbocycles. The lowest BCUT2D eigenvalue weighted by Gasteiger charge is -2.26. The Morgan fingerprint density at radius 3 is 2.67 bits per heavy atom. The normalized spacial score (nSPS) is 18.0. The molecule has 0 bridgehead atoms. The van der Waals surface area contributed by atoms with Crippen molar-refractivity contribution in [2.45, 2.75) is 38.6 Å². The first-order valence-corrected chi connectivity index (χ1v) is 6.84. The van der Waals surface area contributed by atoms with Crippen molar-refractivity contribution in [1.29, 1.82) is 0 Å². The highest BCUT2D eigenvalue weighted by Crippen LogP contribution is 2.30. The van der Waals surface area contributed by atoms with Crippen LogP contribution in [-0.4, -0.2) is 13.6 Å². The van der Waals surface area contributed by atoms with Crippen LogP contribution in [0.4, 0.5) is 10.1 Å². The summed E-state index contributed by atoms with van der Waals surface area (Å²) in [4.78, 5) is 2.23. The Kier molecular flexibility index (Phi) is 4.23. The van der Waals surface area contributed by atoms with Crippen LogP contribution in [0.2, 0.25) is 0 Å². The molecule has 1 aromatic carbocycles. The number of nitrogens with zero attached hydrogens (tertiary/aromatic N) is 1. The summed E-state index contributed by atoms with van der Waals surface area (Å²) in [5.74, 6) is 0.571. The predicted molar refractivity (Wildman–Crippen MR) is 74.2 cm³/mol. The number of anilines is 1. The van der Waals surface area contributed by atoms with Crippen molar-refractivity contribution in [3.63, 3.8) is 0 Å². The highest BCUT2D eigenvalue weighted by molar-refractivity contribution is 5.54. The van der Waals surface area contributed by atoms with Crippen molar-refractivity contribution < 1.29 is 4.39 Å². The summed E-state index contributed by atoms with van der Waals surface area (Å²) in [5, 5.41) is 0. The highest BCUT2D eigenvalue weighted by Gasteiger charge is 2.19. The van der Waals surface area contributed by atoms with Gasteiger partial charge in [-0.25, -0.2) is 4.39 Å². The SMILES string of the molecule is C[C@H](N)c1cc(F)ccc1N(C)CC1CCCC1. The fraction of sp³-hybridized carbons (Fsp3) is 0.600. The lowest BCUT2D eigenvalue weighted by atomic mass is 10.0. The van der Waals surface area contributed by atoms with Crippen molar-refractivity contribution in [3.8, 4) is 0 Å². The molecule has 1 atom stereocenters. The van der Waals surface area contributed by atoms with E-state index in [1.165, 1.54) is 31.7 Å². The fourth-order valence-electron chi connectivity index (χ4n) is 2.92. The van der Waals surface area contributed by atoms with E-state index in [-0.39, 0.29) is 11.9 Å². The maximum absolute atomic E-state index is 13.3. The van der Waals surface area contributed by atoms with E-state index < -0.39 is 0 Å². The van der Waals surface area contributed by atoms with E-state index in [1.54, 1.807) is 6.07 Å². The number of rotatable bonds is 4. The fourth-order valence-corrected chi connectivity index (χ4v) is 2.92. The number of hydrogen-bond donors (Lipinski definition) is 1. The van der Waals surface area contributed by atoms with E-state index >= 15 is 0 Å². The molecule has 2 nitrogen and oxygen atoms in total. The number of benzene rings is 1. The maximum Gasteiger partial charge on any atom is 0.123 e. The van der Waals surface area contributed by atoms with Gasteiger partial charge in [-0.2, -0.15) is 0 Å². The van der Waals surface area contributed by atoms with Gasteiger partial charge >= 0.3 is 0 Å². The van der Waals surface area contributed by atoms with E-state index in [1.807, 2.05) is 13.0 Å². The number of halogens is 1. The van der Waals surface area contributed by atoms with Crippen LogP contribution in [-0.2, 0) is 0 Å². The molecule has 0 unspecified atom stereocenters. The summed E-state index contributed by atoms with van der Waals surface area (Å²) < 4.78 is 13.3. The van der Waals surface area contributed by atoms with Gasteiger partial charge in [0, 0.05) is 25.3 Å². The van der Waals surface area contributed by atoms with Crippen LogP contribution in [0.25, 0.3) is 0 Å². The van der Waals surface area contributed by atoms with Crippen molar-refractivity contribution in [3.05, 3.63) is 29.6 Å². The van der Waals surface area contributed by atoms with Gasteiger partial charge in [0.1, 0.15) is 5.82 Å². The van der Waals surface area contributed by atoms with Crippen LogP contribution in [0.5, 0.6) is 0 Å². The van der Waals surface area contributed by atoms with E-state index in [9.17, 15) is 4.39 Å². The van der Waals surface area contributed by atoms with Gasteiger partial charge in [-0.3, -0.25) is 0 Å². The quantitative estimate of drug-likeness (QED) is 0.886. The molecule has 1 aromatic rings. The van der Waals surface area contributed by atoms with Gasteiger partial charge in [0.2, 0.25) is 0 Å². The molecule has 0 saturated heterocycles. The standard InChI is InChI=1S/C15H23FN2/c1-11(17)14-9-13(16)7-8-15(14)18(2)10-12-5-3-4-6-12/h7-9,11-12H,3-6,10,17H2,1-2H3/t11-/m0/s1. The van der Waals surface area contributed by atoms with Crippen LogP contribution >= 0.6 is 0 Å². The first-order chi connectivity index (χ1) is 8.58. The topological polar surface area (TPSA) is 29.3 Å². The van der Waals surface area contributed by atoms with Crippen molar-refractivity contribution in [1.82, 2.24) is 0 Å². The van der Waals surface area contributed by atoms with E-state index in [2.05, 4.69) is 11.9 Å². The van der Waals surface area contributed by atoms with E-state index in [0.717, 1.165) is 23.7 Å². The molecular formula is C15H23FN2. The molecule has 2 rings (SSSR count). The zero-order valence-corrected chi connectivity index (χ0v) is 11.3. The molecule has 18 heavy (non-hydrogen) atoms. The summed E-state index contributed by atoms with van der Waals surface area (Å²) in [6.07, 6.45) is 5.34. The second-order valence-electron chi connectivity index (χ2n) is 5.52. The van der Waals surface area contributed by atoms with Gasteiger partial charge in [0.15, 0.2) is 0 Å². The van der Waals surface area contributed by atoms with Gasteiger partial charge in [-0.05, 0) is 49.4 Å². The predicted octanol–water partition coefficient (Wildman–Crippen LogP) is 3.47. The molecule has 0 radical (unpaired) electrons. The van der Waals surface area contributed by atoms with Crippen LogP contribution in [0.1, 0.15) is 44.2 Å². The van der Waals surface area contributed by atoms with Gasteiger partial charge in [0.05, 0.1) is 0 Å². The molecule has 2 N–H and O–H groups in total. The molecule has 1 fully saturated rings. The van der Waals surface area contributed by atoms with Gasteiger partial charge < -0.3 is 10.6 Å². The van der Waals surface area contributed by atoms with E-state index in [0.29, 0.717) is 0 Å². The average molecular weight is 250 g/mol. The van der Waals surface area contributed by atoms with Gasteiger partial charge in [-0.15, -0.1) is 0 Å². The monoisotopic (exact) mass is 250 g/mol. The second kappa shape index (κ2) is 5.70. The van der Waals surface area contributed by atoms with Crippen LogP contribution in [0.3, 0.4) is 0 Å². The Morgan fingerprint density at radius 2 is 2.06 bits per heavy atom. The first kappa shape index (κ1) is 13.3. The summed E-state index contributed by atoms with van der Waals surface area (Å²) >= 11 is 0. The van der Waals surface area contributed by atoms with Crippen molar-refractivity contribution in [2.75, 3.05) is 18.5 Å². The smallest absolute Gasteiger partial charge is 0.123 e. The van der Waals surface area contributed by atoms with E-state index in [4.69, 9.17) is 5.73 Å². The minimum Gasteiger partial charge on any atom is -0.374 e. The molecule has 0 aromatic heterocycles. The third kappa shape index (κ3) is 3.02. The summed E-state index contributed by atoms with van der Waals surface area (Å²) in [7, 11) is 2.08. The summed E-state index contributed by atoms with van der Waals surface area (Å²) in [6, 6.07) is 4.79. The zero-order valence-electron chi connectivity index (χ0n) is 11.3. The van der Waals surface area contributed by atoms with Gasteiger partial charge in [0.25, 0.3) is 0 Å². The summed E-state index contributed by atoms with van der Waals surface area (Å²) in [6.45, 7) is 2.95. The van der Waals surface area contributed by atoms with Crippen molar-refractivity contribution in [2.24, 2.45) is 11.7 Å². The molecular weight excluding hydrogens is 227 g/mol. The third-order valence-electron chi connectivity index (χ3n) is 3.90. The first-order valence-electron chi connectivity index (χ1n) is 6.84. The molecule has 1 aliphatic rings. The number of nitrogens with two attached hydrogens (primary N) is 1. The summed E-state index contributed by atoms with van der Waals surface area (Å²) in [5.41, 5.74) is 7.90. The lowest BCUT2D eigenvalue weighted by Crippen LogP contribution is -2.26. The maximum atomic E-state index is 13.3. The second-order valence-corrected chi connectivity index (χ2v) is 5.52. The number of hydrogen-bond acceptors (Lipinski definition) is 2. The Morgan fingerprint density at radius 1 is 1.39 bits per heavy atom. The van der Waals surface area contributed by atoms with Crippen LogP contribution in [0, 0.1) is 11.7 Å². The lowest BCUT2D eigenvalue weighted by molar-refractivity contribution is 0.545. The Hall–Kier alpha value is -1.09. The Balaban J connectivity index is 2.15. The van der Waals surface area contributed by atoms with Crippen molar-refractivity contribution >= 4 is 5.69 Å². The Labute approximate surface area is 109 Å². The highest BCUT2D eigenvalue weighted by atomic mass is 19.1. The molecule has 0 spiro atoms. The third-order valence-corrected chi connectivity index (χ3v) is 3.90. The Bertz CT molecular complexity index is 397. The minimum absolute atomic E-state index is 0.137. The molecule has 0 amide bonds. The average Bonchev–Trinajstić information content (AvgIpc) is 2.81. The zero-order chi connectivity index (χ0) is 13.1. The van der Waals surface area contributed by atoms with Crippen LogP contribution in [0.15, 0.2) is 18.2 Å². The molecule has 1 aliphatic carbocycles. The molecule has 0 heterocycles. The molecule has 0 aliphatic heterocycles. The molecule has 3 heteroatoms. The minimum atomic E-state index is -0.208. The largest absolute Gasteiger partial charge is 0.374 e. The van der Waals surface area contributed by atoms with Gasteiger partial charge in [-0.1, -0.05) is 12.8 Å².